The van der Waals surface area contributed by atoms with Crippen molar-refractivity contribution in [3.63, 3.8) is 0 Å². The predicted octanol–water partition coefficient (Wildman–Crippen LogP) is 3.17. The summed E-state index contributed by atoms with van der Waals surface area (Å²) in [4.78, 5) is 19.8. The van der Waals surface area contributed by atoms with Crippen LogP contribution < -0.4 is 0 Å². The Hall–Kier alpha value is -2.83. The Morgan fingerprint density at radius 3 is 2.76 bits per heavy atom. The van der Waals surface area contributed by atoms with E-state index in [1.807, 2.05) is 10.7 Å². The fourth-order valence-corrected chi connectivity index (χ4v) is 3.46. The highest BCUT2D eigenvalue weighted by Gasteiger charge is 2.17. The van der Waals surface area contributed by atoms with Gasteiger partial charge in [0.2, 0.25) is 0 Å². The summed E-state index contributed by atoms with van der Waals surface area (Å²) >= 11 is 0. The molecule has 3 aromatic heterocycles. The van der Waals surface area contributed by atoms with Gasteiger partial charge in [-0.2, -0.15) is 0 Å². The van der Waals surface area contributed by atoms with Gasteiger partial charge in [0, 0.05) is 12.7 Å². The SMILES string of the molecule is O=C(O)c1ccnc(-c2cc3c(cn2)nnn3CC2CCCCC2)c1. The van der Waals surface area contributed by atoms with Crippen LogP contribution in [0.5, 0.6) is 0 Å². The molecule has 0 atom stereocenters. The maximum absolute atomic E-state index is 11.2. The lowest BCUT2D eigenvalue weighted by atomic mass is 9.89. The van der Waals surface area contributed by atoms with Gasteiger partial charge in [0.15, 0.2) is 0 Å². The number of fused-ring (bicyclic) bond motifs is 1. The molecule has 7 nitrogen and oxygen atoms in total. The van der Waals surface area contributed by atoms with Crippen LogP contribution >= 0.6 is 0 Å². The second-order valence-electron chi connectivity index (χ2n) is 6.57. The number of pyridine rings is 2. The first-order chi connectivity index (χ1) is 12.2. The quantitative estimate of drug-likeness (QED) is 0.786. The summed E-state index contributed by atoms with van der Waals surface area (Å²) in [6.45, 7) is 0.864. The molecule has 4 rings (SSSR count). The molecular weight excluding hydrogens is 318 g/mol. The molecule has 0 unspecified atom stereocenters. The molecule has 25 heavy (non-hydrogen) atoms. The third-order valence-electron chi connectivity index (χ3n) is 4.83. The smallest absolute Gasteiger partial charge is 0.335 e. The van der Waals surface area contributed by atoms with Crippen molar-refractivity contribution in [2.24, 2.45) is 5.92 Å². The molecule has 0 aromatic carbocycles. The summed E-state index contributed by atoms with van der Waals surface area (Å²) in [5.74, 6) is -0.336. The molecule has 128 valence electrons. The van der Waals surface area contributed by atoms with E-state index in [0.717, 1.165) is 17.6 Å². The highest BCUT2D eigenvalue weighted by molar-refractivity contribution is 5.89. The molecule has 3 aromatic rings. The van der Waals surface area contributed by atoms with Gasteiger partial charge in [0.05, 0.1) is 28.7 Å². The van der Waals surface area contributed by atoms with E-state index in [1.54, 1.807) is 6.20 Å². The van der Waals surface area contributed by atoms with Gasteiger partial charge in [-0.3, -0.25) is 9.97 Å². The molecule has 0 spiro atoms. The van der Waals surface area contributed by atoms with Crippen LogP contribution in [0.2, 0.25) is 0 Å². The molecule has 7 heteroatoms. The summed E-state index contributed by atoms with van der Waals surface area (Å²) in [5, 5.41) is 17.6. The highest BCUT2D eigenvalue weighted by Crippen LogP contribution is 2.26. The van der Waals surface area contributed by atoms with Crippen LogP contribution in [0, 0.1) is 5.92 Å². The van der Waals surface area contributed by atoms with Gasteiger partial charge >= 0.3 is 5.97 Å². The van der Waals surface area contributed by atoms with Crippen molar-refractivity contribution in [2.75, 3.05) is 0 Å². The number of carbonyl (C=O) groups is 1. The number of nitrogens with zero attached hydrogens (tertiary/aromatic N) is 5. The number of aromatic carboxylic acids is 1. The fraction of sp³-hybridized carbons (Fsp3) is 0.389. The van der Waals surface area contributed by atoms with Crippen LogP contribution in [0.3, 0.4) is 0 Å². The molecule has 0 saturated heterocycles. The van der Waals surface area contributed by atoms with Gasteiger partial charge in [-0.15, -0.1) is 5.10 Å². The van der Waals surface area contributed by atoms with E-state index in [4.69, 9.17) is 5.11 Å². The van der Waals surface area contributed by atoms with E-state index in [-0.39, 0.29) is 5.56 Å². The second-order valence-corrected chi connectivity index (χ2v) is 6.57. The molecule has 1 aliphatic rings. The van der Waals surface area contributed by atoms with E-state index >= 15 is 0 Å². The topological polar surface area (TPSA) is 93.8 Å². The molecule has 1 saturated carbocycles. The highest BCUT2D eigenvalue weighted by atomic mass is 16.4. The maximum atomic E-state index is 11.2. The Morgan fingerprint density at radius 1 is 1.16 bits per heavy atom. The monoisotopic (exact) mass is 337 g/mol. The molecular formula is C18H19N5O2. The summed E-state index contributed by atoms with van der Waals surface area (Å²) in [6, 6.07) is 4.90. The zero-order valence-electron chi connectivity index (χ0n) is 13.8. The van der Waals surface area contributed by atoms with Gasteiger partial charge < -0.3 is 5.11 Å². The largest absolute Gasteiger partial charge is 0.478 e. The Kier molecular flexibility index (Phi) is 4.13. The van der Waals surface area contributed by atoms with Crippen molar-refractivity contribution in [3.05, 3.63) is 36.2 Å². The fourth-order valence-electron chi connectivity index (χ4n) is 3.46. The van der Waals surface area contributed by atoms with Gasteiger partial charge in [0.1, 0.15) is 5.52 Å². The predicted molar refractivity (Wildman–Crippen MR) is 92.1 cm³/mol. The lowest BCUT2D eigenvalue weighted by molar-refractivity contribution is 0.0697. The lowest BCUT2D eigenvalue weighted by Crippen LogP contribution is -2.15. The van der Waals surface area contributed by atoms with Gasteiger partial charge in [-0.25, -0.2) is 9.48 Å². The first-order valence-corrected chi connectivity index (χ1v) is 8.59. The number of hydrogen-bond donors (Lipinski definition) is 1. The molecule has 0 amide bonds. The minimum Gasteiger partial charge on any atom is -0.478 e. The van der Waals surface area contributed by atoms with E-state index in [1.165, 1.54) is 50.4 Å². The first kappa shape index (κ1) is 15.7. The molecule has 0 radical (unpaired) electrons. The minimum atomic E-state index is -0.978. The Bertz CT molecular complexity index is 915. The second kappa shape index (κ2) is 6.58. The maximum Gasteiger partial charge on any atom is 0.335 e. The Morgan fingerprint density at radius 2 is 1.96 bits per heavy atom. The van der Waals surface area contributed by atoms with Crippen molar-refractivity contribution in [3.8, 4) is 11.4 Å². The van der Waals surface area contributed by atoms with Crippen molar-refractivity contribution in [2.45, 2.75) is 38.6 Å². The van der Waals surface area contributed by atoms with Gasteiger partial charge in [0.25, 0.3) is 0 Å². The van der Waals surface area contributed by atoms with Crippen LogP contribution in [0.4, 0.5) is 0 Å². The van der Waals surface area contributed by atoms with Crippen molar-refractivity contribution in [1.29, 1.82) is 0 Å². The van der Waals surface area contributed by atoms with Crippen molar-refractivity contribution < 1.29 is 9.90 Å². The van der Waals surface area contributed by atoms with E-state index in [2.05, 4.69) is 20.3 Å². The Labute approximate surface area is 144 Å². The number of carboxylic acids is 1. The molecule has 1 N–H and O–H groups in total. The third-order valence-corrected chi connectivity index (χ3v) is 4.83. The van der Waals surface area contributed by atoms with Crippen LogP contribution in [0.1, 0.15) is 42.5 Å². The molecule has 3 heterocycles. The van der Waals surface area contributed by atoms with Crippen molar-refractivity contribution in [1.82, 2.24) is 25.0 Å². The van der Waals surface area contributed by atoms with Crippen LogP contribution in [0.25, 0.3) is 22.4 Å². The number of rotatable bonds is 4. The zero-order chi connectivity index (χ0) is 17.2. The van der Waals surface area contributed by atoms with E-state index in [0.29, 0.717) is 17.3 Å². The van der Waals surface area contributed by atoms with Crippen LogP contribution in [-0.4, -0.2) is 36.0 Å². The molecule has 1 fully saturated rings. The lowest BCUT2D eigenvalue weighted by Gasteiger charge is -2.21. The van der Waals surface area contributed by atoms with Crippen LogP contribution in [-0.2, 0) is 6.54 Å². The van der Waals surface area contributed by atoms with Crippen molar-refractivity contribution >= 4 is 17.0 Å². The Balaban J connectivity index is 1.68. The molecule has 0 aliphatic heterocycles. The molecule has 1 aliphatic carbocycles. The van der Waals surface area contributed by atoms with Crippen LogP contribution in [0.15, 0.2) is 30.6 Å². The summed E-state index contributed by atoms with van der Waals surface area (Å²) < 4.78 is 1.94. The average molecular weight is 337 g/mol. The standard InChI is InChI=1S/C18H19N5O2/c24-18(25)13-6-7-19-14(8-13)15-9-17-16(10-20-15)21-22-23(17)11-12-4-2-1-3-5-12/h6-10,12H,1-5,11H2,(H,24,25). The summed E-state index contributed by atoms with van der Waals surface area (Å²) in [5.41, 5.74) is 3.02. The first-order valence-electron chi connectivity index (χ1n) is 8.59. The third kappa shape index (κ3) is 3.22. The number of aromatic nitrogens is 5. The summed E-state index contributed by atoms with van der Waals surface area (Å²) in [6.07, 6.45) is 9.54. The zero-order valence-corrected chi connectivity index (χ0v) is 13.8. The van der Waals surface area contributed by atoms with E-state index < -0.39 is 5.97 Å². The van der Waals surface area contributed by atoms with Gasteiger partial charge in [-0.05, 0) is 37.0 Å². The summed E-state index contributed by atoms with van der Waals surface area (Å²) in [7, 11) is 0. The van der Waals surface area contributed by atoms with E-state index in [9.17, 15) is 4.79 Å². The molecule has 0 bridgehead atoms. The number of carboxylic acid groups (broad SMARTS) is 1. The normalized spacial score (nSPS) is 15.5. The van der Waals surface area contributed by atoms with Gasteiger partial charge in [-0.1, -0.05) is 24.5 Å². The minimum absolute atomic E-state index is 0.195. The average Bonchev–Trinajstić information content (AvgIpc) is 3.05. The number of hydrogen-bond acceptors (Lipinski definition) is 5.